The Morgan fingerprint density at radius 2 is 2.19 bits per heavy atom. The van der Waals surface area contributed by atoms with E-state index in [0.29, 0.717) is 0 Å². The molecule has 1 unspecified atom stereocenters. The molecule has 1 atom stereocenters. The SMILES string of the molecule is N#CC(Nc1cccc(Br)c1)c1cccs1. The van der Waals surface area contributed by atoms with Crippen molar-refractivity contribution in [2.45, 2.75) is 6.04 Å². The lowest BCUT2D eigenvalue weighted by molar-refractivity contribution is 1.03. The Morgan fingerprint density at radius 3 is 2.81 bits per heavy atom. The van der Waals surface area contributed by atoms with Crippen LogP contribution in [0.1, 0.15) is 10.9 Å². The van der Waals surface area contributed by atoms with Gasteiger partial charge in [-0.1, -0.05) is 28.1 Å². The van der Waals surface area contributed by atoms with Crippen molar-refractivity contribution in [2.24, 2.45) is 0 Å². The second-order valence-corrected chi connectivity index (χ2v) is 5.13. The Morgan fingerprint density at radius 1 is 1.31 bits per heavy atom. The Labute approximate surface area is 107 Å². The molecule has 2 nitrogen and oxygen atoms in total. The van der Waals surface area contributed by atoms with Gasteiger partial charge >= 0.3 is 0 Å². The van der Waals surface area contributed by atoms with Gasteiger partial charge < -0.3 is 5.32 Å². The molecular formula is C12H9BrN2S. The van der Waals surface area contributed by atoms with Crippen LogP contribution in [0.3, 0.4) is 0 Å². The third kappa shape index (κ3) is 2.63. The average Bonchev–Trinajstić information content (AvgIpc) is 2.79. The molecule has 0 fully saturated rings. The molecule has 0 spiro atoms. The van der Waals surface area contributed by atoms with Gasteiger partial charge in [-0.15, -0.1) is 11.3 Å². The van der Waals surface area contributed by atoms with E-state index in [9.17, 15) is 0 Å². The first kappa shape index (κ1) is 11.2. The van der Waals surface area contributed by atoms with Gasteiger partial charge in [-0.3, -0.25) is 0 Å². The van der Waals surface area contributed by atoms with Crippen LogP contribution in [0.15, 0.2) is 46.3 Å². The second-order valence-electron chi connectivity index (χ2n) is 3.23. The molecule has 0 amide bonds. The van der Waals surface area contributed by atoms with E-state index in [1.807, 2.05) is 41.8 Å². The quantitative estimate of drug-likeness (QED) is 0.921. The van der Waals surface area contributed by atoms with Crippen LogP contribution in [0.4, 0.5) is 5.69 Å². The number of hydrogen-bond acceptors (Lipinski definition) is 3. The number of anilines is 1. The number of nitrogens with zero attached hydrogens (tertiary/aromatic N) is 1. The first-order valence-corrected chi connectivity index (χ1v) is 6.42. The summed E-state index contributed by atoms with van der Waals surface area (Å²) in [5.74, 6) is 0. The summed E-state index contributed by atoms with van der Waals surface area (Å²) in [6.07, 6.45) is 0. The van der Waals surface area contributed by atoms with E-state index < -0.39 is 0 Å². The lowest BCUT2D eigenvalue weighted by atomic mass is 10.2. The zero-order chi connectivity index (χ0) is 11.4. The predicted octanol–water partition coefficient (Wildman–Crippen LogP) is 4.19. The van der Waals surface area contributed by atoms with Gasteiger partial charge in [0.2, 0.25) is 0 Å². The minimum absolute atomic E-state index is 0.283. The Kier molecular flexibility index (Phi) is 3.60. The topological polar surface area (TPSA) is 35.8 Å². The minimum atomic E-state index is -0.283. The van der Waals surface area contributed by atoms with E-state index in [1.165, 1.54) is 0 Å². The van der Waals surface area contributed by atoms with E-state index in [-0.39, 0.29) is 6.04 Å². The maximum Gasteiger partial charge on any atom is 0.149 e. The summed E-state index contributed by atoms with van der Waals surface area (Å²) < 4.78 is 1.00. The van der Waals surface area contributed by atoms with Crippen molar-refractivity contribution in [2.75, 3.05) is 5.32 Å². The molecule has 80 valence electrons. The van der Waals surface area contributed by atoms with Crippen molar-refractivity contribution in [3.8, 4) is 6.07 Å². The number of nitrogens with one attached hydrogen (secondary N) is 1. The van der Waals surface area contributed by atoms with Crippen molar-refractivity contribution in [3.05, 3.63) is 51.1 Å². The molecule has 0 aliphatic heterocycles. The van der Waals surface area contributed by atoms with Gasteiger partial charge in [0.15, 0.2) is 0 Å². The number of nitriles is 1. The van der Waals surface area contributed by atoms with Crippen molar-refractivity contribution in [1.82, 2.24) is 0 Å². The number of benzene rings is 1. The predicted molar refractivity (Wildman–Crippen MR) is 70.4 cm³/mol. The second kappa shape index (κ2) is 5.15. The van der Waals surface area contributed by atoms with E-state index >= 15 is 0 Å². The smallest absolute Gasteiger partial charge is 0.149 e. The van der Waals surface area contributed by atoms with Crippen molar-refractivity contribution in [3.63, 3.8) is 0 Å². The molecule has 1 aromatic carbocycles. The summed E-state index contributed by atoms with van der Waals surface area (Å²) in [7, 11) is 0. The highest BCUT2D eigenvalue weighted by Gasteiger charge is 2.10. The molecule has 0 aliphatic rings. The van der Waals surface area contributed by atoms with Gasteiger partial charge in [0.05, 0.1) is 6.07 Å². The van der Waals surface area contributed by atoms with Crippen LogP contribution in [-0.2, 0) is 0 Å². The van der Waals surface area contributed by atoms with Crippen LogP contribution in [0, 0.1) is 11.3 Å². The molecule has 0 saturated heterocycles. The highest BCUT2D eigenvalue weighted by Crippen LogP contribution is 2.24. The largest absolute Gasteiger partial charge is 0.366 e. The summed E-state index contributed by atoms with van der Waals surface area (Å²) in [5.41, 5.74) is 0.939. The van der Waals surface area contributed by atoms with Gasteiger partial charge in [-0.05, 0) is 29.6 Å². The molecule has 1 aromatic heterocycles. The van der Waals surface area contributed by atoms with E-state index in [2.05, 4.69) is 27.3 Å². The van der Waals surface area contributed by atoms with Crippen molar-refractivity contribution in [1.29, 1.82) is 5.26 Å². The fourth-order valence-electron chi connectivity index (χ4n) is 1.37. The van der Waals surface area contributed by atoms with Crippen LogP contribution < -0.4 is 5.32 Å². The van der Waals surface area contributed by atoms with Crippen LogP contribution >= 0.6 is 27.3 Å². The molecule has 0 saturated carbocycles. The molecular weight excluding hydrogens is 284 g/mol. The van der Waals surface area contributed by atoms with Crippen molar-refractivity contribution < 1.29 is 0 Å². The Balaban J connectivity index is 2.17. The molecule has 16 heavy (non-hydrogen) atoms. The maximum atomic E-state index is 9.11. The van der Waals surface area contributed by atoms with Gasteiger partial charge in [-0.25, -0.2) is 0 Å². The summed E-state index contributed by atoms with van der Waals surface area (Å²) in [5, 5.41) is 14.3. The number of halogens is 1. The van der Waals surface area contributed by atoms with Gasteiger partial charge in [0, 0.05) is 15.0 Å². The third-order valence-electron chi connectivity index (χ3n) is 2.09. The fourth-order valence-corrected chi connectivity index (χ4v) is 2.49. The summed E-state index contributed by atoms with van der Waals surface area (Å²) in [4.78, 5) is 1.03. The minimum Gasteiger partial charge on any atom is -0.366 e. The summed E-state index contributed by atoms with van der Waals surface area (Å²) >= 11 is 4.98. The maximum absolute atomic E-state index is 9.11. The lowest BCUT2D eigenvalue weighted by Crippen LogP contribution is -2.06. The number of thiophene rings is 1. The summed E-state index contributed by atoms with van der Waals surface area (Å²) in [6, 6.07) is 13.7. The molecule has 0 bridgehead atoms. The monoisotopic (exact) mass is 292 g/mol. The molecule has 4 heteroatoms. The first-order chi connectivity index (χ1) is 7.79. The van der Waals surface area contributed by atoms with Crippen LogP contribution in [-0.4, -0.2) is 0 Å². The molecule has 1 heterocycles. The van der Waals surface area contributed by atoms with Gasteiger partial charge in [0.1, 0.15) is 6.04 Å². The van der Waals surface area contributed by atoms with Gasteiger partial charge in [0.25, 0.3) is 0 Å². The Hall–Kier alpha value is -1.31. The number of rotatable bonds is 3. The molecule has 0 radical (unpaired) electrons. The van der Waals surface area contributed by atoms with Crippen molar-refractivity contribution >= 4 is 33.0 Å². The van der Waals surface area contributed by atoms with E-state index in [0.717, 1.165) is 15.0 Å². The first-order valence-electron chi connectivity index (χ1n) is 4.75. The zero-order valence-corrected chi connectivity index (χ0v) is 10.8. The molecule has 0 aliphatic carbocycles. The Bertz CT molecular complexity index is 502. The zero-order valence-electron chi connectivity index (χ0n) is 8.35. The molecule has 2 aromatic rings. The van der Waals surface area contributed by atoms with Crippen LogP contribution in [0.2, 0.25) is 0 Å². The summed E-state index contributed by atoms with van der Waals surface area (Å²) in [6.45, 7) is 0. The normalized spacial score (nSPS) is 11.8. The van der Waals surface area contributed by atoms with Gasteiger partial charge in [-0.2, -0.15) is 5.26 Å². The standard InChI is InChI=1S/C12H9BrN2S/c13-9-3-1-4-10(7-9)15-11(8-14)12-5-2-6-16-12/h1-7,11,15H. The average molecular weight is 293 g/mol. The lowest BCUT2D eigenvalue weighted by Gasteiger charge is -2.11. The van der Waals surface area contributed by atoms with E-state index in [1.54, 1.807) is 11.3 Å². The number of hydrogen-bond donors (Lipinski definition) is 1. The molecule has 2 rings (SSSR count). The third-order valence-corrected chi connectivity index (χ3v) is 3.52. The fraction of sp³-hybridized carbons (Fsp3) is 0.0833. The van der Waals surface area contributed by atoms with Crippen LogP contribution in [0.25, 0.3) is 0 Å². The van der Waals surface area contributed by atoms with Crippen LogP contribution in [0.5, 0.6) is 0 Å². The van der Waals surface area contributed by atoms with E-state index in [4.69, 9.17) is 5.26 Å². The highest BCUT2D eigenvalue weighted by atomic mass is 79.9. The highest BCUT2D eigenvalue weighted by molar-refractivity contribution is 9.10. The molecule has 1 N–H and O–H groups in total.